The van der Waals surface area contributed by atoms with E-state index in [1.165, 1.54) is 24.0 Å². The number of Topliss-reactive ketones (excluding diaryl/α,β-unsaturated/α-hetero) is 1. The molecule has 0 aromatic heterocycles. The maximum Gasteiger partial charge on any atom is 0.343 e. The average Bonchev–Trinajstić information content (AvgIpc) is 3.18. The number of hydrogen-bond acceptors (Lipinski definition) is 5. The fourth-order valence-corrected chi connectivity index (χ4v) is 6.68. The Kier molecular flexibility index (Phi) is 12.4. The summed E-state index contributed by atoms with van der Waals surface area (Å²) in [5, 5.41) is 5.75. The van der Waals surface area contributed by atoms with Crippen molar-refractivity contribution < 1.29 is 23.9 Å². The summed E-state index contributed by atoms with van der Waals surface area (Å²) in [4.78, 5) is 38.8. The van der Waals surface area contributed by atoms with Crippen molar-refractivity contribution in [2.45, 2.75) is 79.1 Å². The lowest BCUT2D eigenvalue weighted by Gasteiger charge is -2.11. The maximum absolute atomic E-state index is 13.4. The van der Waals surface area contributed by atoms with Crippen molar-refractivity contribution in [1.29, 1.82) is 0 Å². The molecule has 0 aliphatic heterocycles. The van der Waals surface area contributed by atoms with Crippen LogP contribution in [0.15, 0.2) is 121 Å². The zero-order valence-corrected chi connectivity index (χ0v) is 32.0. The van der Waals surface area contributed by atoms with Crippen LogP contribution in [0.2, 0.25) is 0 Å². The van der Waals surface area contributed by atoms with Crippen LogP contribution in [-0.4, -0.2) is 17.7 Å². The average molecular weight is 719 g/mol. The largest absolute Gasteiger partial charge is 0.427 e. The van der Waals surface area contributed by atoms with E-state index in [2.05, 4.69) is 52.5 Å². The van der Waals surface area contributed by atoms with E-state index in [1.807, 2.05) is 66.7 Å². The second-order valence-corrected chi connectivity index (χ2v) is 15.0. The summed E-state index contributed by atoms with van der Waals surface area (Å²) in [6.45, 7) is 13.1. The number of ketones is 1. The zero-order chi connectivity index (χ0) is 38.2. The number of ether oxygens (including phenoxy) is 2. The number of benzene rings is 6. The highest BCUT2D eigenvalue weighted by atomic mass is 16.5. The van der Waals surface area contributed by atoms with E-state index in [-0.39, 0.29) is 18.2 Å². The minimum absolute atomic E-state index is 0.0639. The van der Waals surface area contributed by atoms with Gasteiger partial charge in [-0.3, -0.25) is 9.59 Å². The van der Waals surface area contributed by atoms with Gasteiger partial charge in [0.05, 0.1) is 5.56 Å². The Bertz CT molecular complexity index is 2170. The first kappa shape index (κ1) is 38.2. The van der Waals surface area contributed by atoms with E-state index in [4.69, 9.17) is 9.47 Å². The van der Waals surface area contributed by atoms with Gasteiger partial charge in [-0.2, -0.15) is 0 Å². The molecular weight excluding hydrogens is 669 g/mol. The second kappa shape index (κ2) is 17.5. The van der Waals surface area contributed by atoms with Gasteiger partial charge in [0.15, 0.2) is 5.78 Å². The molecule has 0 spiro atoms. The number of hydrogen-bond donors (Lipinski definition) is 0. The summed E-state index contributed by atoms with van der Waals surface area (Å²) >= 11 is 0. The lowest BCUT2D eigenvalue weighted by Crippen LogP contribution is -2.09. The molecule has 0 saturated carbocycles. The van der Waals surface area contributed by atoms with Crippen molar-refractivity contribution in [3.05, 3.63) is 144 Å². The third kappa shape index (κ3) is 9.90. The van der Waals surface area contributed by atoms with Crippen LogP contribution in [0, 0.1) is 11.8 Å². The summed E-state index contributed by atoms with van der Waals surface area (Å²) in [6, 6.07) is 34.6. The topological polar surface area (TPSA) is 69.7 Å². The SMILES string of the molecule is C=C(CCC(C)CC)Cc1ccc2cc(C(=O)Cc3ccc4cc(OC(=O)c5ccc6cc(OC(=O)CCC(C)CC)ccc6c5)ccc4c3)ccc2c1. The Hall–Kier alpha value is -5.55. The minimum Gasteiger partial charge on any atom is -0.427 e. The van der Waals surface area contributed by atoms with Crippen molar-refractivity contribution >= 4 is 50.0 Å². The van der Waals surface area contributed by atoms with E-state index in [0.717, 1.165) is 69.5 Å². The van der Waals surface area contributed by atoms with Crippen LogP contribution in [0.25, 0.3) is 32.3 Å². The van der Waals surface area contributed by atoms with Crippen LogP contribution in [0.1, 0.15) is 98.1 Å². The molecule has 6 rings (SSSR count). The molecule has 0 fully saturated rings. The van der Waals surface area contributed by atoms with Gasteiger partial charge in [-0.25, -0.2) is 4.79 Å². The van der Waals surface area contributed by atoms with Crippen LogP contribution in [0.5, 0.6) is 11.5 Å². The van der Waals surface area contributed by atoms with Gasteiger partial charge in [-0.05, 0) is 123 Å². The summed E-state index contributed by atoms with van der Waals surface area (Å²) in [7, 11) is 0. The predicted octanol–water partition coefficient (Wildman–Crippen LogP) is 12.4. The van der Waals surface area contributed by atoms with Gasteiger partial charge in [-0.15, -0.1) is 0 Å². The number of allylic oxidation sites excluding steroid dienone is 1. The molecule has 2 atom stereocenters. The van der Waals surface area contributed by atoms with Crippen LogP contribution in [0.3, 0.4) is 0 Å². The first-order chi connectivity index (χ1) is 26.1. The van der Waals surface area contributed by atoms with E-state index in [9.17, 15) is 14.4 Å². The van der Waals surface area contributed by atoms with E-state index in [0.29, 0.717) is 35.0 Å². The van der Waals surface area contributed by atoms with Crippen molar-refractivity contribution in [1.82, 2.24) is 0 Å². The third-order valence-corrected chi connectivity index (χ3v) is 10.6. The molecule has 0 saturated heterocycles. The fourth-order valence-electron chi connectivity index (χ4n) is 6.68. The Balaban J connectivity index is 1.05. The molecule has 0 N–H and O–H groups in total. The van der Waals surface area contributed by atoms with Crippen molar-refractivity contribution in [2.75, 3.05) is 0 Å². The quantitative estimate of drug-likeness (QED) is 0.0431. The van der Waals surface area contributed by atoms with Gasteiger partial charge < -0.3 is 9.47 Å². The highest BCUT2D eigenvalue weighted by Crippen LogP contribution is 2.27. The molecule has 2 unspecified atom stereocenters. The Morgan fingerprint density at radius 3 is 1.61 bits per heavy atom. The van der Waals surface area contributed by atoms with E-state index < -0.39 is 5.97 Å². The Labute approximate surface area is 319 Å². The van der Waals surface area contributed by atoms with Crippen molar-refractivity contribution in [3.63, 3.8) is 0 Å². The number of fused-ring (bicyclic) bond motifs is 3. The highest BCUT2D eigenvalue weighted by Gasteiger charge is 2.14. The van der Waals surface area contributed by atoms with Crippen LogP contribution in [-0.2, 0) is 17.6 Å². The summed E-state index contributed by atoms with van der Waals surface area (Å²) in [5.74, 6) is 1.49. The lowest BCUT2D eigenvalue weighted by atomic mass is 9.94. The van der Waals surface area contributed by atoms with Crippen molar-refractivity contribution in [3.8, 4) is 11.5 Å². The first-order valence-corrected chi connectivity index (χ1v) is 19.3. The van der Waals surface area contributed by atoms with Crippen molar-refractivity contribution in [2.24, 2.45) is 11.8 Å². The minimum atomic E-state index is -0.465. The molecule has 0 heterocycles. The molecule has 6 aromatic carbocycles. The van der Waals surface area contributed by atoms with Gasteiger partial charge in [-0.1, -0.05) is 119 Å². The predicted molar refractivity (Wildman–Crippen MR) is 221 cm³/mol. The standard InChI is InChI=1S/C49H50O5/c1-6-32(3)8-9-34(5)24-35-11-13-39-28-43(17-15-37(39)25-35)47(50)27-36-12-14-41-31-46(22-19-38(41)26-36)54-49(52)44-18-16-42-30-45(21-20-40(42)29-44)53-48(51)23-10-33(4)7-2/h11-22,25-26,28-33H,5-10,23-24,27H2,1-4H3. The van der Waals surface area contributed by atoms with Gasteiger partial charge in [0, 0.05) is 18.4 Å². The number of carbonyl (C=O) groups is 3. The van der Waals surface area contributed by atoms with Crippen LogP contribution in [0.4, 0.5) is 0 Å². The van der Waals surface area contributed by atoms with Gasteiger partial charge in [0.25, 0.3) is 0 Å². The second-order valence-electron chi connectivity index (χ2n) is 15.0. The van der Waals surface area contributed by atoms with Crippen LogP contribution < -0.4 is 9.47 Å². The molecule has 276 valence electrons. The molecule has 5 heteroatoms. The summed E-state index contributed by atoms with van der Waals surface area (Å²) in [5.41, 5.74) is 4.55. The Morgan fingerprint density at radius 2 is 1.00 bits per heavy atom. The van der Waals surface area contributed by atoms with E-state index >= 15 is 0 Å². The van der Waals surface area contributed by atoms with Gasteiger partial charge >= 0.3 is 11.9 Å². The molecule has 5 nitrogen and oxygen atoms in total. The number of rotatable bonds is 16. The van der Waals surface area contributed by atoms with Gasteiger partial charge in [0.1, 0.15) is 11.5 Å². The lowest BCUT2D eigenvalue weighted by molar-refractivity contribution is -0.134. The molecule has 54 heavy (non-hydrogen) atoms. The van der Waals surface area contributed by atoms with Crippen LogP contribution >= 0.6 is 0 Å². The Morgan fingerprint density at radius 1 is 0.537 bits per heavy atom. The highest BCUT2D eigenvalue weighted by molar-refractivity contribution is 6.02. The third-order valence-electron chi connectivity index (χ3n) is 10.6. The first-order valence-electron chi connectivity index (χ1n) is 19.3. The smallest absolute Gasteiger partial charge is 0.343 e. The molecular formula is C49H50O5. The number of carbonyl (C=O) groups excluding carboxylic acids is 3. The molecule has 0 radical (unpaired) electrons. The van der Waals surface area contributed by atoms with E-state index in [1.54, 1.807) is 24.3 Å². The van der Waals surface area contributed by atoms with Gasteiger partial charge in [0.2, 0.25) is 0 Å². The normalized spacial score (nSPS) is 12.4. The fraction of sp³-hybridized carbons (Fsp3) is 0.286. The summed E-state index contributed by atoms with van der Waals surface area (Å²) in [6.07, 6.45) is 6.82. The monoisotopic (exact) mass is 718 g/mol. The molecule has 0 amide bonds. The molecule has 0 aliphatic carbocycles. The molecule has 0 bridgehead atoms. The summed E-state index contributed by atoms with van der Waals surface area (Å²) < 4.78 is 11.3. The molecule has 6 aromatic rings. The molecule has 0 aliphatic rings. The maximum atomic E-state index is 13.4. The zero-order valence-electron chi connectivity index (χ0n) is 32.0. The number of esters is 2.